The van der Waals surface area contributed by atoms with Crippen LogP contribution in [0.3, 0.4) is 0 Å². The van der Waals surface area contributed by atoms with Crippen molar-refractivity contribution in [2.24, 2.45) is 0 Å². The maximum Gasteiger partial charge on any atom is 0.319 e. The van der Waals surface area contributed by atoms with Crippen molar-refractivity contribution in [3.8, 4) is 16.9 Å². The van der Waals surface area contributed by atoms with Gasteiger partial charge in [-0.1, -0.05) is 72.8 Å². The third-order valence-electron chi connectivity index (χ3n) is 5.30. The zero-order valence-corrected chi connectivity index (χ0v) is 17.9. The van der Waals surface area contributed by atoms with Gasteiger partial charge in [0.1, 0.15) is 5.75 Å². The molecule has 1 atom stereocenters. The minimum atomic E-state index is -0.609. The highest BCUT2D eigenvalue weighted by molar-refractivity contribution is 5.99. The standard InChI is InChI=1S/C27H24N4O2/c28-23(20-11-8-16-29-18-20)17-25(22-13-5-7-15-26(22)32)31-27(33)30-24-14-6-4-12-21(24)19-9-2-1-3-10-19/h1-16,18,25,28,32H,17H2,(H2,30,31,33). The Morgan fingerprint density at radius 2 is 1.64 bits per heavy atom. The van der Waals surface area contributed by atoms with Gasteiger partial charge in [0.05, 0.1) is 11.7 Å². The monoisotopic (exact) mass is 436 g/mol. The van der Waals surface area contributed by atoms with E-state index in [9.17, 15) is 9.90 Å². The normalized spacial score (nSPS) is 11.4. The van der Waals surface area contributed by atoms with Crippen LogP contribution in [0.2, 0.25) is 0 Å². The summed E-state index contributed by atoms with van der Waals surface area (Å²) in [5, 5.41) is 24.8. The van der Waals surface area contributed by atoms with Gasteiger partial charge in [0.15, 0.2) is 0 Å². The van der Waals surface area contributed by atoms with E-state index < -0.39 is 12.1 Å². The third-order valence-corrected chi connectivity index (χ3v) is 5.30. The summed E-state index contributed by atoms with van der Waals surface area (Å²) < 4.78 is 0. The van der Waals surface area contributed by atoms with Crippen molar-refractivity contribution >= 4 is 17.4 Å². The highest BCUT2D eigenvalue weighted by Crippen LogP contribution is 2.29. The number of aromatic hydroxyl groups is 1. The highest BCUT2D eigenvalue weighted by atomic mass is 16.3. The van der Waals surface area contributed by atoms with Gasteiger partial charge in [-0.15, -0.1) is 0 Å². The number of nitrogens with one attached hydrogen (secondary N) is 3. The molecule has 164 valence electrons. The molecule has 1 aromatic heterocycles. The van der Waals surface area contributed by atoms with Crippen LogP contribution < -0.4 is 10.6 Å². The fourth-order valence-corrected chi connectivity index (χ4v) is 3.66. The largest absolute Gasteiger partial charge is 0.508 e. The molecular weight excluding hydrogens is 412 g/mol. The van der Waals surface area contributed by atoms with Gasteiger partial charge in [0.2, 0.25) is 0 Å². The molecule has 0 saturated carbocycles. The Bertz CT molecular complexity index is 1240. The predicted molar refractivity (Wildman–Crippen MR) is 131 cm³/mol. The summed E-state index contributed by atoms with van der Waals surface area (Å²) in [4.78, 5) is 17.1. The molecular formula is C27H24N4O2. The van der Waals surface area contributed by atoms with Crippen molar-refractivity contribution in [1.29, 1.82) is 5.41 Å². The molecule has 0 radical (unpaired) electrons. The highest BCUT2D eigenvalue weighted by Gasteiger charge is 2.21. The average molecular weight is 437 g/mol. The lowest BCUT2D eigenvalue weighted by Gasteiger charge is -2.21. The number of pyridine rings is 1. The lowest BCUT2D eigenvalue weighted by Crippen LogP contribution is -2.34. The molecule has 0 aliphatic carbocycles. The number of amides is 2. The van der Waals surface area contributed by atoms with E-state index in [1.165, 1.54) is 0 Å². The average Bonchev–Trinajstić information content (AvgIpc) is 2.85. The minimum absolute atomic E-state index is 0.0615. The van der Waals surface area contributed by atoms with Gasteiger partial charge in [-0.3, -0.25) is 4.98 Å². The Morgan fingerprint density at radius 3 is 2.39 bits per heavy atom. The molecule has 1 unspecified atom stereocenters. The number of urea groups is 1. The maximum atomic E-state index is 13.0. The molecule has 6 nitrogen and oxygen atoms in total. The zero-order valence-electron chi connectivity index (χ0n) is 17.9. The van der Waals surface area contributed by atoms with Crippen LogP contribution in [-0.4, -0.2) is 21.8 Å². The van der Waals surface area contributed by atoms with Gasteiger partial charge >= 0.3 is 6.03 Å². The first-order valence-electron chi connectivity index (χ1n) is 10.6. The predicted octanol–water partition coefficient (Wildman–Crippen LogP) is 5.78. The summed E-state index contributed by atoms with van der Waals surface area (Å²) in [5.41, 5.74) is 4.06. The molecule has 3 aromatic carbocycles. The van der Waals surface area contributed by atoms with E-state index in [0.29, 0.717) is 22.5 Å². The minimum Gasteiger partial charge on any atom is -0.508 e. The maximum absolute atomic E-state index is 13.0. The Hall–Kier alpha value is -4.45. The Kier molecular flexibility index (Phi) is 6.75. The summed E-state index contributed by atoms with van der Waals surface area (Å²) in [6.45, 7) is 0. The van der Waals surface area contributed by atoms with Crippen LogP contribution in [0.15, 0.2) is 103 Å². The van der Waals surface area contributed by atoms with Crippen LogP contribution in [-0.2, 0) is 0 Å². The van der Waals surface area contributed by atoms with Crippen molar-refractivity contribution < 1.29 is 9.90 Å². The van der Waals surface area contributed by atoms with Crippen molar-refractivity contribution in [3.05, 3.63) is 115 Å². The van der Waals surface area contributed by atoms with E-state index in [2.05, 4.69) is 15.6 Å². The Morgan fingerprint density at radius 1 is 0.909 bits per heavy atom. The van der Waals surface area contributed by atoms with Crippen LogP contribution >= 0.6 is 0 Å². The van der Waals surface area contributed by atoms with E-state index in [-0.39, 0.29) is 12.2 Å². The van der Waals surface area contributed by atoms with Crippen molar-refractivity contribution in [3.63, 3.8) is 0 Å². The number of nitrogens with zero attached hydrogens (tertiary/aromatic N) is 1. The van der Waals surface area contributed by atoms with Crippen molar-refractivity contribution in [2.45, 2.75) is 12.5 Å². The molecule has 1 heterocycles. The van der Waals surface area contributed by atoms with Gasteiger partial charge in [0.25, 0.3) is 0 Å². The molecule has 4 rings (SSSR count). The number of phenolic OH excluding ortho intramolecular Hbond substituents is 1. The number of carbonyl (C=O) groups excluding carboxylic acids is 1. The number of anilines is 1. The second-order valence-electron chi connectivity index (χ2n) is 7.55. The first-order valence-corrected chi connectivity index (χ1v) is 10.6. The number of hydrogen-bond donors (Lipinski definition) is 4. The zero-order chi connectivity index (χ0) is 23.0. The topological polar surface area (TPSA) is 98.1 Å². The van der Waals surface area contributed by atoms with Crippen LogP contribution in [0.25, 0.3) is 11.1 Å². The first kappa shape index (κ1) is 21.8. The molecule has 0 fully saturated rings. The fourth-order valence-electron chi connectivity index (χ4n) is 3.66. The summed E-state index contributed by atoms with van der Waals surface area (Å²) >= 11 is 0. The number of aromatic nitrogens is 1. The Balaban J connectivity index is 1.56. The summed E-state index contributed by atoms with van der Waals surface area (Å²) in [5.74, 6) is 0.0615. The van der Waals surface area contributed by atoms with E-state index in [1.807, 2.05) is 54.6 Å². The van der Waals surface area contributed by atoms with Crippen LogP contribution in [0, 0.1) is 5.41 Å². The molecule has 0 saturated heterocycles. The molecule has 4 aromatic rings. The van der Waals surface area contributed by atoms with Gasteiger partial charge in [0, 0.05) is 41.2 Å². The van der Waals surface area contributed by atoms with E-state index in [1.54, 1.807) is 48.8 Å². The van der Waals surface area contributed by atoms with Crippen LogP contribution in [0.4, 0.5) is 10.5 Å². The van der Waals surface area contributed by atoms with Gasteiger partial charge in [-0.05, 0) is 23.8 Å². The first-order chi connectivity index (χ1) is 16.1. The Labute approximate surface area is 192 Å². The number of carbonyl (C=O) groups is 1. The molecule has 0 aliphatic heterocycles. The van der Waals surface area contributed by atoms with E-state index in [0.717, 1.165) is 11.1 Å². The number of hydrogen-bond acceptors (Lipinski definition) is 4. The molecule has 33 heavy (non-hydrogen) atoms. The molecule has 0 bridgehead atoms. The summed E-state index contributed by atoms with van der Waals surface area (Å²) in [6, 6.07) is 26.7. The number of para-hydroxylation sites is 2. The SMILES string of the molecule is N=C(CC(NC(=O)Nc1ccccc1-c1ccccc1)c1ccccc1O)c1cccnc1. The lowest BCUT2D eigenvalue weighted by atomic mass is 9.97. The third kappa shape index (κ3) is 5.43. The summed E-state index contributed by atoms with van der Waals surface area (Å²) in [7, 11) is 0. The lowest BCUT2D eigenvalue weighted by molar-refractivity contribution is 0.248. The number of rotatable bonds is 7. The summed E-state index contributed by atoms with van der Waals surface area (Å²) in [6.07, 6.45) is 3.45. The molecule has 6 heteroatoms. The van der Waals surface area contributed by atoms with Gasteiger partial charge in [-0.2, -0.15) is 0 Å². The molecule has 4 N–H and O–H groups in total. The van der Waals surface area contributed by atoms with Crippen LogP contribution in [0.1, 0.15) is 23.6 Å². The smallest absolute Gasteiger partial charge is 0.319 e. The van der Waals surface area contributed by atoms with Crippen LogP contribution in [0.5, 0.6) is 5.75 Å². The number of phenols is 1. The second-order valence-corrected chi connectivity index (χ2v) is 7.55. The fraction of sp³-hybridized carbons (Fsp3) is 0.0741. The van der Waals surface area contributed by atoms with E-state index >= 15 is 0 Å². The van der Waals surface area contributed by atoms with Gasteiger partial charge in [-0.25, -0.2) is 4.79 Å². The number of benzene rings is 3. The van der Waals surface area contributed by atoms with E-state index in [4.69, 9.17) is 5.41 Å². The van der Waals surface area contributed by atoms with Crippen molar-refractivity contribution in [1.82, 2.24) is 10.3 Å². The molecule has 0 aliphatic rings. The molecule has 2 amide bonds. The molecule has 0 spiro atoms. The second kappa shape index (κ2) is 10.2. The van der Waals surface area contributed by atoms with Gasteiger partial charge < -0.3 is 21.1 Å². The quantitative estimate of drug-likeness (QED) is 0.277. The van der Waals surface area contributed by atoms with Crippen molar-refractivity contribution in [2.75, 3.05) is 5.32 Å².